The first-order valence-corrected chi connectivity index (χ1v) is 9.58. The fourth-order valence-corrected chi connectivity index (χ4v) is 3.92. The fraction of sp³-hybridized carbons (Fsp3) is 0.286. The Morgan fingerprint density at radius 2 is 1.89 bits per heavy atom. The topological polar surface area (TPSA) is 69.7 Å². The summed E-state index contributed by atoms with van der Waals surface area (Å²) in [5.41, 5.74) is 3.38. The zero-order valence-corrected chi connectivity index (χ0v) is 16.2. The number of nitrogens with one attached hydrogen (secondary N) is 1. The molecule has 3 amide bonds. The molecule has 0 bridgehead atoms. The summed E-state index contributed by atoms with van der Waals surface area (Å²) in [6.45, 7) is 2.55. The van der Waals surface area contributed by atoms with E-state index in [0.717, 1.165) is 23.4 Å². The Balaban J connectivity index is 1.47. The molecule has 1 N–H and O–H groups in total. The number of anilines is 3. The Labute approximate surface area is 168 Å². The predicted octanol–water partition coefficient (Wildman–Crippen LogP) is 3.24. The van der Waals surface area contributed by atoms with Gasteiger partial charge in [0.15, 0.2) is 0 Å². The molecule has 0 aliphatic carbocycles. The number of hydrogen-bond acceptors (Lipinski definition) is 3. The van der Waals surface area contributed by atoms with Crippen molar-refractivity contribution in [2.75, 3.05) is 28.2 Å². The van der Waals surface area contributed by atoms with Crippen molar-refractivity contribution in [3.63, 3.8) is 0 Å². The minimum absolute atomic E-state index is 0.0164. The molecular formula is C21H20ClN3O3. The number of fused-ring (bicyclic) bond motifs is 1. The molecule has 28 heavy (non-hydrogen) atoms. The van der Waals surface area contributed by atoms with Crippen LogP contribution in [0.2, 0.25) is 5.02 Å². The van der Waals surface area contributed by atoms with E-state index < -0.39 is 5.92 Å². The maximum atomic E-state index is 12.6. The average molecular weight is 398 g/mol. The molecule has 2 heterocycles. The lowest BCUT2D eigenvalue weighted by Crippen LogP contribution is -2.28. The minimum Gasteiger partial charge on any atom is -0.326 e. The molecule has 1 atom stereocenters. The summed E-state index contributed by atoms with van der Waals surface area (Å²) in [5.74, 6) is -0.646. The first kappa shape index (κ1) is 18.5. The molecule has 144 valence electrons. The molecule has 0 saturated carbocycles. The minimum atomic E-state index is -0.412. The molecule has 0 spiro atoms. The van der Waals surface area contributed by atoms with Gasteiger partial charge < -0.3 is 15.1 Å². The van der Waals surface area contributed by atoms with Crippen molar-refractivity contribution in [3.05, 3.63) is 53.1 Å². The number of carbonyl (C=O) groups excluding carboxylic acids is 3. The summed E-state index contributed by atoms with van der Waals surface area (Å²) in [7, 11) is 0. The highest BCUT2D eigenvalue weighted by Crippen LogP contribution is 2.34. The number of hydrogen-bond donors (Lipinski definition) is 1. The van der Waals surface area contributed by atoms with Crippen LogP contribution in [-0.2, 0) is 20.8 Å². The van der Waals surface area contributed by atoms with E-state index in [1.54, 1.807) is 41.0 Å². The van der Waals surface area contributed by atoms with Gasteiger partial charge in [-0.3, -0.25) is 14.4 Å². The third kappa shape index (κ3) is 3.47. The molecule has 6 nitrogen and oxygen atoms in total. The van der Waals surface area contributed by atoms with E-state index in [1.807, 2.05) is 18.2 Å². The van der Waals surface area contributed by atoms with Gasteiger partial charge in [0.1, 0.15) is 0 Å². The molecule has 0 radical (unpaired) electrons. The number of carbonyl (C=O) groups is 3. The van der Waals surface area contributed by atoms with Crippen LogP contribution in [0.1, 0.15) is 18.9 Å². The van der Waals surface area contributed by atoms with Crippen molar-refractivity contribution in [1.82, 2.24) is 0 Å². The second kappa shape index (κ2) is 7.28. The highest BCUT2D eigenvalue weighted by atomic mass is 35.5. The molecule has 1 saturated heterocycles. The van der Waals surface area contributed by atoms with E-state index in [-0.39, 0.29) is 24.1 Å². The zero-order valence-electron chi connectivity index (χ0n) is 15.4. The second-order valence-corrected chi connectivity index (χ2v) is 7.57. The third-order valence-corrected chi connectivity index (χ3v) is 5.51. The van der Waals surface area contributed by atoms with Gasteiger partial charge in [-0.25, -0.2) is 0 Å². The first-order chi connectivity index (χ1) is 13.4. The molecule has 2 aliphatic rings. The zero-order chi connectivity index (χ0) is 19.8. The van der Waals surface area contributed by atoms with Crippen LogP contribution in [0.5, 0.6) is 0 Å². The highest BCUT2D eigenvalue weighted by Gasteiger charge is 2.36. The number of benzene rings is 2. The predicted molar refractivity (Wildman–Crippen MR) is 109 cm³/mol. The molecule has 4 rings (SSSR count). The Morgan fingerprint density at radius 1 is 1.14 bits per heavy atom. The van der Waals surface area contributed by atoms with Crippen LogP contribution in [0.4, 0.5) is 17.1 Å². The van der Waals surface area contributed by atoms with E-state index in [0.29, 0.717) is 23.8 Å². The van der Waals surface area contributed by atoms with Crippen molar-refractivity contribution in [2.45, 2.75) is 19.8 Å². The van der Waals surface area contributed by atoms with Crippen molar-refractivity contribution in [3.8, 4) is 0 Å². The summed E-state index contributed by atoms with van der Waals surface area (Å²) in [6.07, 6.45) is 0.946. The molecule has 2 aromatic carbocycles. The van der Waals surface area contributed by atoms with Crippen LogP contribution in [0.15, 0.2) is 42.5 Å². The van der Waals surface area contributed by atoms with Crippen LogP contribution in [0.3, 0.4) is 0 Å². The van der Waals surface area contributed by atoms with Gasteiger partial charge in [-0.2, -0.15) is 0 Å². The lowest BCUT2D eigenvalue weighted by Gasteiger charge is -2.19. The summed E-state index contributed by atoms with van der Waals surface area (Å²) in [5, 5.41) is 3.44. The van der Waals surface area contributed by atoms with Gasteiger partial charge >= 0.3 is 0 Å². The van der Waals surface area contributed by atoms with Gasteiger partial charge in [-0.1, -0.05) is 11.6 Å². The van der Waals surface area contributed by atoms with Gasteiger partial charge in [0, 0.05) is 48.5 Å². The number of halogens is 1. The quantitative estimate of drug-likeness (QED) is 0.864. The van der Waals surface area contributed by atoms with E-state index in [9.17, 15) is 14.4 Å². The van der Waals surface area contributed by atoms with Crippen LogP contribution in [0.25, 0.3) is 0 Å². The smallest absolute Gasteiger partial charge is 0.229 e. The van der Waals surface area contributed by atoms with Crippen LogP contribution in [0, 0.1) is 5.92 Å². The van der Waals surface area contributed by atoms with E-state index in [1.165, 1.54) is 0 Å². The van der Waals surface area contributed by atoms with Gasteiger partial charge in [0.2, 0.25) is 17.7 Å². The summed E-state index contributed by atoms with van der Waals surface area (Å²) in [4.78, 5) is 40.2. The van der Waals surface area contributed by atoms with Crippen LogP contribution < -0.4 is 15.1 Å². The Hall–Kier alpha value is -2.86. The average Bonchev–Trinajstić information content (AvgIpc) is 3.26. The highest BCUT2D eigenvalue weighted by molar-refractivity contribution is 6.30. The normalized spacial score (nSPS) is 18.4. The summed E-state index contributed by atoms with van der Waals surface area (Å²) < 4.78 is 0. The van der Waals surface area contributed by atoms with Gasteiger partial charge in [-0.05, 0) is 54.4 Å². The van der Waals surface area contributed by atoms with E-state index >= 15 is 0 Å². The first-order valence-electron chi connectivity index (χ1n) is 9.20. The van der Waals surface area contributed by atoms with E-state index in [2.05, 4.69) is 5.32 Å². The fourth-order valence-electron chi connectivity index (χ4n) is 3.79. The Morgan fingerprint density at radius 3 is 2.61 bits per heavy atom. The largest absolute Gasteiger partial charge is 0.326 e. The molecule has 1 fully saturated rings. The van der Waals surface area contributed by atoms with Crippen molar-refractivity contribution >= 4 is 46.4 Å². The number of nitrogens with zero attached hydrogens (tertiary/aromatic N) is 2. The maximum Gasteiger partial charge on any atom is 0.229 e. The maximum absolute atomic E-state index is 12.6. The molecule has 2 aromatic rings. The molecular weight excluding hydrogens is 378 g/mol. The standard InChI is InChI=1S/C21H20ClN3O3/c1-13(26)24-9-8-14-10-18(6-7-19(14)24)25-12-15(11-20(25)27)21(28)23-17-4-2-16(22)3-5-17/h2-7,10,15H,8-9,11-12H2,1H3,(H,23,28)/t15-/m1/s1. The molecule has 7 heteroatoms. The van der Waals surface area contributed by atoms with Gasteiger partial charge in [0.25, 0.3) is 0 Å². The number of rotatable bonds is 3. The monoisotopic (exact) mass is 397 g/mol. The van der Waals surface area contributed by atoms with Crippen LogP contribution in [-0.4, -0.2) is 30.8 Å². The lowest BCUT2D eigenvalue weighted by molar-refractivity contribution is -0.122. The summed E-state index contributed by atoms with van der Waals surface area (Å²) in [6, 6.07) is 12.6. The van der Waals surface area contributed by atoms with Crippen molar-refractivity contribution in [1.29, 1.82) is 0 Å². The SMILES string of the molecule is CC(=O)N1CCc2cc(N3C[C@H](C(=O)Nc4ccc(Cl)cc4)CC3=O)ccc21. The third-order valence-electron chi connectivity index (χ3n) is 5.26. The lowest BCUT2D eigenvalue weighted by atomic mass is 10.1. The second-order valence-electron chi connectivity index (χ2n) is 7.14. The number of amides is 3. The molecule has 0 unspecified atom stereocenters. The Bertz CT molecular complexity index is 958. The van der Waals surface area contributed by atoms with Crippen molar-refractivity contribution < 1.29 is 14.4 Å². The van der Waals surface area contributed by atoms with Gasteiger partial charge in [0.05, 0.1) is 5.92 Å². The molecule has 2 aliphatic heterocycles. The Kier molecular flexibility index (Phi) is 4.81. The van der Waals surface area contributed by atoms with E-state index in [4.69, 9.17) is 11.6 Å². The summed E-state index contributed by atoms with van der Waals surface area (Å²) >= 11 is 5.86. The molecule has 0 aromatic heterocycles. The van der Waals surface area contributed by atoms with Gasteiger partial charge in [-0.15, -0.1) is 0 Å². The van der Waals surface area contributed by atoms with Crippen molar-refractivity contribution in [2.24, 2.45) is 5.92 Å². The van der Waals surface area contributed by atoms with Crippen LogP contribution >= 0.6 is 11.6 Å².